The molecule has 0 heterocycles. The molecule has 0 amide bonds. The number of carboxylic acids is 1. The third-order valence-corrected chi connectivity index (χ3v) is 2.98. The summed E-state index contributed by atoms with van der Waals surface area (Å²) >= 11 is 0. The van der Waals surface area contributed by atoms with Gasteiger partial charge in [0.15, 0.2) is 0 Å². The lowest BCUT2D eigenvalue weighted by Gasteiger charge is -2.27. The quantitative estimate of drug-likeness (QED) is 0.580. The van der Waals surface area contributed by atoms with Crippen LogP contribution in [0.4, 0.5) is 0 Å². The summed E-state index contributed by atoms with van der Waals surface area (Å²) in [5.41, 5.74) is -0.794. The molecule has 1 atom stereocenters. The summed E-state index contributed by atoms with van der Waals surface area (Å²) in [5.74, 6) is -0.228. The van der Waals surface area contributed by atoms with Gasteiger partial charge in [0.05, 0.1) is 0 Å². The highest BCUT2D eigenvalue weighted by atomic mass is 16.5. The third kappa shape index (κ3) is 7.34. The van der Waals surface area contributed by atoms with E-state index in [1.165, 1.54) is 0 Å². The fourth-order valence-electron chi connectivity index (χ4n) is 1.58. The van der Waals surface area contributed by atoms with Crippen LogP contribution >= 0.6 is 0 Å². The minimum absolute atomic E-state index is 0.531. The van der Waals surface area contributed by atoms with Crippen molar-refractivity contribution in [3.63, 3.8) is 0 Å². The molecule has 0 spiro atoms. The van der Waals surface area contributed by atoms with E-state index in [1.54, 1.807) is 14.0 Å². The van der Waals surface area contributed by atoms with Gasteiger partial charge in [-0.15, -0.1) is 0 Å². The maximum atomic E-state index is 11.3. The second kappa shape index (κ2) is 8.48. The molecule has 0 saturated heterocycles. The monoisotopic (exact) mass is 245 g/mol. The SMILES string of the molecule is COCCCCNC(C)(CCC(C)C)C(=O)O. The fourth-order valence-corrected chi connectivity index (χ4v) is 1.58. The van der Waals surface area contributed by atoms with Gasteiger partial charge in [0.2, 0.25) is 0 Å². The van der Waals surface area contributed by atoms with E-state index in [0.717, 1.165) is 32.4 Å². The van der Waals surface area contributed by atoms with Crippen LogP contribution in [0, 0.1) is 5.92 Å². The van der Waals surface area contributed by atoms with Gasteiger partial charge in [0.25, 0.3) is 0 Å². The van der Waals surface area contributed by atoms with Crippen molar-refractivity contribution in [1.82, 2.24) is 5.32 Å². The molecule has 102 valence electrons. The number of aliphatic carboxylic acids is 1. The molecule has 0 bridgehead atoms. The van der Waals surface area contributed by atoms with E-state index in [-0.39, 0.29) is 0 Å². The van der Waals surface area contributed by atoms with E-state index in [9.17, 15) is 9.90 Å². The largest absolute Gasteiger partial charge is 0.480 e. The summed E-state index contributed by atoms with van der Waals surface area (Å²) in [6.45, 7) is 7.46. The average Bonchev–Trinajstić information content (AvgIpc) is 2.26. The zero-order chi connectivity index (χ0) is 13.3. The van der Waals surface area contributed by atoms with Gasteiger partial charge in [-0.1, -0.05) is 13.8 Å². The molecule has 17 heavy (non-hydrogen) atoms. The molecule has 0 aliphatic heterocycles. The first-order chi connectivity index (χ1) is 7.92. The van der Waals surface area contributed by atoms with Crippen molar-refractivity contribution in [3.8, 4) is 0 Å². The van der Waals surface area contributed by atoms with Gasteiger partial charge in [0.1, 0.15) is 5.54 Å². The van der Waals surface area contributed by atoms with E-state index >= 15 is 0 Å². The van der Waals surface area contributed by atoms with Crippen molar-refractivity contribution >= 4 is 5.97 Å². The van der Waals surface area contributed by atoms with Crippen LogP contribution < -0.4 is 5.32 Å². The molecule has 0 aromatic carbocycles. The fraction of sp³-hybridized carbons (Fsp3) is 0.923. The van der Waals surface area contributed by atoms with E-state index in [0.29, 0.717) is 12.3 Å². The Morgan fingerprint density at radius 2 is 2.06 bits per heavy atom. The first-order valence-electron chi connectivity index (χ1n) is 6.39. The molecule has 0 aromatic rings. The van der Waals surface area contributed by atoms with Crippen LogP contribution in [-0.2, 0) is 9.53 Å². The lowest BCUT2D eigenvalue weighted by atomic mass is 9.92. The minimum atomic E-state index is -0.794. The van der Waals surface area contributed by atoms with Gasteiger partial charge in [0, 0.05) is 13.7 Å². The maximum Gasteiger partial charge on any atom is 0.323 e. The van der Waals surface area contributed by atoms with Crippen LogP contribution in [0.3, 0.4) is 0 Å². The Bertz CT molecular complexity index is 219. The lowest BCUT2D eigenvalue weighted by Crippen LogP contribution is -2.50. The van der Waals surface area contributed by atoms with Gasteiger partial charge < -0.3 is 15.2 Å². The zero-order valence-electron chi connectivity index (χ0n) is 11.6. The predicted molar refractivity (Wildman–Crippen MR) is 69.2 cm³/mol. The van der Waals surface area contributed by atoms with Crippen molar-refractivity contribution < 1.29 is 14.6 Å². The first kappa shape index (κ1) is 16.4. The van der Waals surface area contributed by atoms with Gasteiger partial charge in [-0.25, -0.2) is 0 Å². The van der Waals surface area contributed by atoms with E-state index in [4.69, 9.17) is 4.74 Å². The topological polar surface area (TPSA) is 58.6 Å². The number of rotatable bonds is 10. The number of ether oxygens (including phenoxy) is 1. The van der Waals surface area contributed by atoms with Crippen LogP contribution in [0.25, 0.3) is 0 Å². The van der Waals surface area contributed by atoms with Crippen molar-refractivity contribution in [2.24, 2.45) is 5.92 Å². The summed E-state index contributed by atoms with van der Waals surface area (Å²) in [4.78, 5) is 11.3. The van der Waals surface area contributed by atoms with Gasteiger partial charge >= 0.3 is 5.97 Å². The number of carboxylic acid groups (broad SMARTS) is 1. The molecule has 0 rings (SSSR count). The normalized spacial score (nSPS) is 14.9. The number of nitrogens with one attached hydrogen (secondary N) is 1. The Balaban J connectivity index is 3.99. The predicted octanol–water partition coefficient (Wildman–Crippen LogP) is 2.28. The molecule has 0 radical (unpaired) electrons. The molecule has 0 saturated carbocycles. The zero-order valence-corrected chi connectivity index (χ0v) is 11.6. The smallest absolute Gasteiger partial charge is 0.323 e. The Hall–Kier alpha value is -0.610. The second-order valence-electron chi connectivity index (χ2n) is 5.20. The van der Waals surface area contributed by atoms with Crippen molar-refractivity contribution in [2.45, 2.75) is 52.0 Å². The third-order valence-electron chi connectivity index (χ3n) is 2.98. The molecule has 0 aliphatic rings. The summed E-state index contributed by atoms with van der Waals surface area (Å²) in [7, 11) is 1.68. The highest BCUT2D eigenvalue weighted by Gasteiger charge is 2.31. The van der Waals surface area contributed by atoms with Crippen LogP contribution in [0.2, 0.25) is 0 Å². The maximum absolute atomic E-state index is 11.3. The molecule has 1 unspecified atom stereocenters. The molecular weight excluding hydrogens is 218 g/mol. The Morgan fingerprint density at radius 1 is 1.41 bits per heavy atom. The summed E-state index contributed by atoms with van der Waals surface area (Å²) < 4.78 is 4.96. The van der Waals surface area contributed by atoms with Gasteiger partial charge in [-0.3, -0.25) is 4.79 Å². The second-order valence-corrected chi connectivity index (χ2v) is 5.20. The molecular formula is C13H27NO3. The Labute approximate surface area is 105 Å². The van der Waals surface area contributed by atoms with Crippen LogP contribution in [0.15, 0.2) is 0 Å². The van der Waals surface area contributed by atoms with Crippen LogP contribution in [-0.4, -0.2) is 36.9 Å². The summed E-state index contributed by atoms with van der Waals surface area (Å²) in [5, 5.41) is 12.4. The number of hydrogen-bond acceptors (Lipinski definition) is 3. The molecule has 0 aliphatic carbocycles. The lowest BCUT2D eigenvalue weighted by molar-refractivity contribution is -0.144. The van der Waals surface area contributed by atoms with Gasteiger partial charge in [-0.2, -0.15) is 0 Å². The van der Waals surface area contributed by atoms with Crippen LogP contribution in [0.1, 0.15) is 46.5 Å². The summed E-state index contributed by atoms with van der Waals surface area (Å²) in [6.07, 6.45) is 3.50. The molecule has 4 nitrogen and oxygen atoms in total. The molecule has 4 heteroatoms. The number of hydrogen-bond donors (Lipinski definition) is 2. The van der Waals surface area contributed by atoms with Crippen molar-refractivity contribution in [2.75, 3.05) is 20.3 Å². The molecule has 2 N–H and O–H groups in total. The highest BCUT2D eigenvalue weighted by Crippen LogP contribution is 2.17. The van der Waals surface area contributed by atoms with E-state index in [1.807, 2.05) is 0 Å². The number of unbranched alkanes of at least 4 members (excludes halogenated alkanes) is 1. The van der Waals surface area contributed by atoms with Crippen LogP contribution in [0.5, 0.6) is 0 Å². The van der Waals surface area contributed by atoms with E-state index in [2.05, 4.69) is 19.2 Å². The summed E-state index contributed by atoms with van der Waals surface area (Å²) in [6, 6.07) is 0. The number of carbonyl (C=O) groups is 1. The average molecular weight is 245 g/mol. The highest BCUT2D eigenvalue weighted by molar-refractivity contribution is 5.78. The first-order valence-corrected chi connectivity index (χ1v) is 6.39. The minimum Gasteiger partial charge on any atom is -0.480 e. The Morgan fingerprint density at radius 3 is 2.53 bits per heavy atom. The number of methoxy groups -OCH3 is 1. The molecule has 0 fully saturated rings. The molecule has 0 aromatic heterocycles. The Kier molecular flexibility index (Phi) is 8.17. The standard InChI is InChI=1S/C13H27NO3/c1-11(2)7-8-13(3,12(15)16)14-9-5-6-10-17-4/h11,14H,5-10H2,1-4H3,(H,15,16). The van der Waals surface area contributed by atoms with E-state index < -0.39 is 11.5 Å². The van der Waals surface area contributed by atoms with Crippen molar-refractivity contribution in [1.29, 1.82) is 0 Å². The van der Waals surface area contributed by atoms with Gasteiger partial charge in [-0.05, 0) is 45.1 Å². The van der Waals surface area contributed by atoms with Crippen molar-refractivity contribution in [3.05, 3.63) is 0 Å².